The number of carbonyl (C=O) groups excluding carboxylic acids is 1. The van der Waals surface area contributed by atoms with Gasteiger partial charge in [-0.25, -0.2) is 8.42 Å². The molecule has 0 atom stereocenters. The van der Waals surface area contributed by atoms with Gasteiger partial charge in [0.25, 0.3) is 0 Å². The molecule has 0 aliphatic rings. The van der Waals surface area contributed by atoms with Gasteiger partial charge < -0.3 is 10.1 Å². The van der Waals surface area contributed by atoms with Gasteiger partial charge >= 0.3 is 0 Å². The first-order chi connectivity index (χ1) is 16.4. The first-order valence-electron chi connectivity index (χ1n) is 10.8. The van der Waals surface area contributed by atoms with Crippen LogP contribution in [0, 0.1) is 6.92 Å². The zero-order chi connectivity index (χ0) is 24.1. The van der Waals surface area contributed by atoms with Crippen molar-refractivity contribution in [1.82, 2.24) is 4.31 Å². The van der Waals surface area contributed by atoms with Crippen molar-refractivity contribution in [3.8, 4) is 5.75 Å². The molecule has 4 aromatic carbocycles. The van der Waals surface area contributed by atoms with Crippen LogP contribution in [0.1, 0.15) is 11.1 Å². The maximum absolute atomic E-state index is 13.7. The Hall–Kier alpha value is -3.68. The molecule has 0 saturated heterocycles. The molecule has 0 heterocycles. The van der Waals surface area contributed by atoms with Gasteiger partial charge in [-0.3, -0.25) is 4.79 Å². The second kappa shape index (κ2) is 10.1. The monoisotopic (exact) mass is 474 g/mol. The molecule has 0 fully saturated rings. The molecule has 6 nitrogen and oxygen atoms in total. The number of aryl methyl sites for hydroxylation is 1. The molecule has 174 valence electrons. The van der Waals surface area contributed by atoms with Gasteiger partial charge in [0.15, 0.2) is 0 Å². The largest absolute Gasteiger partial charge is 0.495 e. The molecule has 0 radical (unpaired) electrons. The first-order valence-corrected chi connectivity index (χ1v) is 12.3. The third kappa shape index (κ3) is 5.11. The molecular formula is C27H26N2O4S. The number of anilines is 1. The van der Waals surface area contributed by atoms with Crippen molar-refractivity contribution < 1.29 is 17.9 Å². The predicted octanol–water partition coefficient (Wildman–Crippen LogP) is 4.99. The fourth-order valence-electron chi connectivity index (χ4n) is 3.82. The molecule has 4 rings (SSSR count). The summed E-state index contributed by atoms with van der Waals surface area (Å²) in [6.45, 7) is 1.51. The highest BCUT2D eigenvalue weighted by Crippen LogP contribution is 2.29. The van der Waals surface area contributed by atoms with Crippen LogP contribution in [0.3, 0.4) is 0 Å². The SMILES string of the molecule is COc1ccc(C)cc1S(=O)(=O)N(CC(=O)Nc1cccc2ccccc12)Cc1ccccc1. The lowest BCUT2D eigenvalue weighted by Crippen LogP contribution is -2.37. The fourth-order valence-corrected chi connectivity index (χ4v) is 5.45. The van der Waals surface area contributed by atoms with Gasteiger partial charge in [-0.05, 0) is 41.6 Å². The topological polar surface area (TPSA) is 75.7 Å². The minimum atomic E-state index is -4.05. The van der Waals surface area contributed by atoms with E-state index in [1.807, 2.05) is 73.7 Å². The zero-order valence-corrected chi connectivity index (χ0v) is 19.9. The van der Waals surface area contributed by atoms with E-state index in [1.165, 1.54) is 11.4 Å². The molecular weight excluding hydrogens is 448 g/mol. The number of hydrogen-bond donors (Lipinski definition) is 1. The van der Waals surface area contributed by atoms with Crippen LogP contribution in [0.2, 0.25) is 0 Å². The van der Waals surface area contributed by atoms with E-state index in [1.54, 1.807) is 24.3 Å². The van der Waals surface area contributed by atoms with Crippen molar-refractivity contribution in [1.29, 1.82) is 0 Å². The highest BCUT2D eigenvalue weighted by Gasteiger charge is 2.30. The van der Waals surface area contributed by atoms with Crippen LogP contribution in [-0.4, -0.2) is 32.3 Å². The molecule has 0 saturated carbocycles. The standard InChI is InChI=1S/C27H26N2O4S/c1-20-15-16-25(33-2)26(17-20)34(31,32)29(18-21-9-4-3-5-10-21)19-27(30)28-24-14-8-12-22-11-6-7-13-23(22)24/h3-17H,18-19H2,1-2H3,(H,28,30). The first kappa shape index (κ1) is 23.5. The van der Waals surface area contributed by atoms with Crippen LogP contribution >= 0.6 is 0 Å². The third-order valence-corrected chi connectivity index (χ3v) is 7.34. The van der Waals surface area contributed by atoms with E-state index in [0.717, 1.165) is 21.9 Å². The van der Waals surface area contributed by atoms with Gasteiger partial charge in [0.2, 0.25) is 15.9 Å². The minimum absolute atomic E-state index is 0.0314. The van der Waals surface area contributed by atoms with Crippen LogP contribution in [-0.2, 0) is 21.4 Å². The fraction of sp³-hybridized carbons (Fsp3) is 0.148. The van der Waals surface area contributed by atoms with Crippen LogP contribution in [0.15, 0.2) is 95.9 Å². The van der Waals surface area contributed by atoms with Crippen molar-refractivity contribution in [2.75, 3.05) is 19.0 Å². The summed E-state index contributed by atoms with van der Waals surface area (Å²) in [5.74, 6) is -0.194. The molecule has 0 unspecified atom stereocenters. The summed E-state index contributed by atoms with van der Waals surface area (Å²) in [5.41, 5.74) is 2.18. The molecule has 0 bridgehead atoms. The molecule has 34 heavy (non-hydrogen) atoms. The Kier molecular flexibility index (Phi) is 6.95. The Labute approximate surface area is 199 Å². The Bertz CT molecular complexity index is 1410. The molecule has 0 aromatic heterocycles. The predicted molar refractivity (Wildman–Crippen MR) is 134 cm³/mol. The zero-order valence-electron chi connectivity index (χ0n) is 19.1. The molecule has 0 spiro atoms. The maximum atomic E-state index is 13.7. The van der Waals surface area contributed by atoms with Crippen molar-refractivity contribution in [2.45, 2.75) is 18.4 Å². The Morgan fingerprint density at radius 2 is 1.62 bits per heavy atom. The minimum Gasteiger partial charge on any atom is -0.495 e. The van der Waals surface area contributed by atoms with E-state index >= 15 is 0 Å². The number of sulfonamides is 1. The smallest absolute Gasteiger partial charge is 0.247 e. The lowest BCUT2D eigenvalue weighted by Gasteiger charge is -2.23. The van der Waals surface area contributed by atoms with Crippen molar-refractivity contribution in [3.63, 3.8) is 0 Å². The number of hydrogen-bond acceptors (Lipinski definition) is 4. The molecule has 1 N–H and O–H groups in total. The Morgan fingerprint density at radius 3 is 2.38 bits per heavy atom. The van der Waals surface area contributed by atoms with Crippen LogP contribution in [0.25, 0.3) is 10.8 Å². The van der Waals surface area contributed by atoms with E-state index in [-0.39, 0.29) is 23.7 Å². The van der Waals surface area contributed by atoms with Crippen LogP contribution in [0.5, 0.6) is 5.75 Å². The number of nitrogens with zero attached hydrogens (tertiary/aromatic N) is 1. The summed E-state index contributed by atoms with van der Waals surface area (Å²) in [6, 6.07) is 27.5. The van der Waals surface area contributed by atoms with Crippen LogP contribution < -0.4 is 10.1 Å². The van der Waals surface area contributed by atoms with Crippen molar-refractivity contribution >= 4 is 32.4 Å². The van der Waals surface area contributed by atoms with E-state index < -0.39 is 15.9 Å². The van der Waals surface area contributed by atoms with Gasteiger partial charge in [0.05, 0.1) is 13.7 Å². The van der Waals surface area contributed by atoms with Gasteiger partial charge in [0.1, 0.15) is 10.6 Å². The number of rotatable bonds is 8. The summed E-state index contributed by atoms with van der Waals surface area (Å²) >= 11 is 0. The van der Waals surface area contributed by atoms with Gasteiger partial charge in [-0.15, -0.1) is 0 Å². The van der Waals surface area contributed by atoms with Crippen molar-refractivity contribution in [2.24, 2.45) is 0 Å². The number of benzene rings is 4. The molecule has 4 aromatic rings. The number of methoxy groups -OCH3 is 1. The number of nitrogens with one attached hydrogen (secondary N) is 1. The highest BCUT2D eigenvalue weighted by molar-refractivity contribution is 7.89. The molecule has 0 aliphatic carbocycles. The quantitative estimate of drug-likeness (QED) is 0.391. The Morgan fingerprint density at radius 1 is 0.912 bits per heavy atom. The van der Waals surface area contributed by atoms with Crippen LogP contribution in [0.4, 0.5) is 5.69 Å². The van der Waals surface area contributed by atoms with E-state index in [2.05, 4.69) is 5.32 Å². The number of fused-ring (bicyclic) bond motifs is 1. The van der Waals surface area contributed by atoms with E-state index in [9.17, 15) is 13.2 Å². The lowest BCUT2D eigenvalue weighted by molar-refractivity contribution is -0.116. The second-order valence-corrected chi connectivity index (χ2v) is 9.89. The van der Waals surface area contributed by atoms with E-state index in [0.29, 0.717) is 5.69 Å². The maximum Gasteiger partial charge on any atom is 0.247 e. The number of amides is 1. The summed E-state index contributed by atoms with van der Waals surface area (Å²) in [4.78, 5) is 13.1. The van der Waals surface area contributed by atoms with Gasteiger partial charge in [-0.1, -0.05) is 72.8 Å². The normalized spacial score (nSPS) is 11.5. The highest BCUT2D eigenvalue weighted by atomic mass is 32.2. The molecule has 0 aliphatic heterocycles. The lowest BCUT2D eigenvalue weighted by atomic mass is 10.1. The average molecular weight is 475 g/mol. The Balaban J connectivity index is 1.67. The number of carbonyl (C=O) groups is 1. The summed E-state index contributed by atoms with van der Waals surface area (Å²) in [7, 11) is -2.62. The average Bonchev–Trinajstić information content (AvgIpc) is 2.84. The molecule has 7 heteroatoms. The van der Waals surface area contributed by atoms with Crippen molar-refractivity contribution in [3.05, 3.63) is 102 Å². The number of ether oxygens (including phenoxy) is 1. The van der Waals surface area contributed by atoms with E-state index in [4.69, 9.17) is 4.74 Å². The second-order valence-electron chi connectivity index (χ2n) is 7.99. The summed E-state index contributed by atoms with van der Waals surface area (Å²) in [5, 5.41) is 4.76. The summed E-state index contributed by atoms with van der Waals surface area (Å²) in [6.07, 6.45) is 0. The van der Waals surface area contributed by atoms with Gasteiger partial charge in [0, 0.05) is 17.6 Å². The summed E-state index contributed by atoms with van der Waals surface area (Å²) < 4.78 is 34.0. The van der Waals surface area contributed by atoms with Gasteiger partial charge in [-0.2, -0.15) is 4.31 Å². The third-order valence-electron chi connectivity index (χ3n) is 5.52. The molecule has 1 amide bonds.